The SMILES string of the molecule is COc1ccc(-c2n[nH]c(=S)n2CCC(=O)Nc2nc(-c3ccccc3)ns2)cc1. The van der Waals surface area contributed by atoms with Crippen LogP contribution in [0.3, 0.4) is 0 Å². The molecule has 4 aromatic rings. The van der Waals surface area contributed by atoms with E-state index in [0.29, 0.717) is 28.1 Å². The minimum Gasteiger partial charge on any atom is -0.497 e. The Morgan fingerprint density at radius 2 is 1.93 bits per heavy atom. The van der Waals surface area contributed by atoms with Crippen molar-refractivity contribution in [2.45, 2.75) is 13.0 Å². The first-order valence-corrected chi connectivity index (χ1v) is 10.3. The summed E-state index contributed by atoms with van der Waals surface area (Å²) in [6.07, 6.45) is 0.219. The maximum absolute atomic E-state index is 12.4. The fourth-order valence-corrected chi connectivity index (χ4v) is 3.69. The van der Waals surface area contributed by atoms with Crippen LogP contribution in [0.2, 0.25) is 0 Å². The molecule has 4 rings (SSSR count). The highest BCUT2D eigenvalue weighted by molar-refractivity contribution is 7.71. The molecule has 0 radical (unpaired) electrons. The van der Waals surface area contributed by atoms with Crippen LogP contribution < -0.4 is 10.1 Å². The molecule has 0 fully saturated rings. The predicted octanol–water partition coefficient (Wildman–Crippen LogP) is 4.16. The summed E-state index contributed by atoms with van der Waals surface area (Å²) >= 11 is 6.48. The van der Waals surface area contributed by atoms with Gasteiger partial charge in [-0.1, -0.05) is 30.3 Å². The number of rotatable bonds is 7. The number of hydrogen-bond acceptors (Lipinski definition) is 7. The number of nitrogens with one attached hydrogen (secondary N) is 2. The average Bonchev–Trinajstić information content (AvgIpc) is 3.39. The van der Waals surface area contributed by atoms with Crippen molar-refractivity contribution in [3.05, 3.63) is 59.4 Å². The quantitative estimate of drug-likeness (QED) is 0.421. The molecule has 152 valence electrons. The number of H-pyrrole nitrogens is 1. The van der Waals surface area contributed by atoms with Crippen molar-refractivity contribution in [2.75, 3.05) is 12.4 Å². The van der Waals surface area contributed by atoms with Crippen LogP contribution in [0.5, 0.6) is 5.75 Å². The van der Waals surface area contributed by atoms with Crippen molar-refractivity contribution in [3.8, 4) is 28.5 Å². The van der Waals surface area contributed by atoms with Crippen LogP contribution in [-0.2, 0) is 11.3 Å². The van der Waals surface area contributed by atoms with E-state index in [2.05, 4.69) is 24.9 Å². The van der Waals surface area contributed by atoms with Gasteiger partial charge in [-0.15, -0.1) is 0 Å². The highest BCUT2D eigenvalue weighted by Crippen LogP contribution is 2.22. The van der Waals surface area contributed by atoms with E-state index in [1.54, 1.807) is 11.7 Å². The molecule has 0 unspecified atom stereocenters. The van der Waals surface area contributed by atoms with E-state index in [0.717, 1.165) is 28.4 Å². The number of benzene rings is 2. The Labute approximate surface area is 181 Å². The van der Waals surface area contributed by atoms with Gasteiger partial charge in [0.2, 0.25) is 11.0 Å². The van der Waals surface area contributed by atoms with Crippen LogP contribution in [-0.4, -0.2) is 37.1 Å². The maximum atomic E-state index is 12.4. The fourth-order valence-electron chi connectivity index (χ4n) is 2.86. The van der Waals surface area contributed by atoms with Crippen molar-refractivity contribution in [1.82, 2.24) is 24.1 Å². The van der Waals surface area contributed by atoms with Gasteiger partial charge in [0.1, 0.15) is 5.75 Å². The minimum absolute atomic E-state index is 0.172. The van der Waals surface area contributed by atoms with Crippen molar-refractivity contribution in [2.24, 2.45) is 0 Å². The molecule has 0 saturated heterocycles. The average molecular weight is 439 g/mol. The lowest BCUT2D eigenvalue weighted by atomic mass is 10.2. The highest BCUT2D eigenvalue weighted by Gasteiger charge is 2.13. The number of anilines is 1. The molecule has 0 aliphatic rings. The largest absolute Gasteiger partial charge is 0.497 e. The number of amides is 1. The number of ether oxygens (including phenoxy) is 1. The molecule has 2 N–H and O–H groups in total. The van der Waals surface area contributed by atoms with Crippen LogP contribution in [0, 0.1) is 4.77 Å². The number of nitrogens with zero attached hydrogens (tertiary/aromatic N) is 4. The molecule has 1 amide bonds. The summed E-state index contributed by atoms with van der Waals surface area (Å²) in [7, 11) is 1.62. The molecule has 10 heteroatoms. The van der Waals surface area contributed by atoms with Gasteiger partial charge in [-0.3, -0.25) is 14.5 Å². The number of methoxy groups -OCH3 is 1. The molecule has 0 atom stereocenters. The molecule has 0 bridgehead atoms. The van der Waals surface area contributed by atoms with Crippen molar-refractivity contribution < 1.29 is 9.53 Å². The molecule has 30 heavy (non-hydrogen) atoms. The zero-order valence-corrected chi connectivity index (χ0v) is 17.7. The number of carbonyl (C=O) groups excluding carboxylic acids is 1. The Balaban J connectivity index is 1.41. The summed E-state index contributed by atoms with van der Waals surface area (Å²) in [5.41, 5.74) is 1.78. The number of carbonyl (C=O) groups is 1. The predicted molar refractivity (Wildman–Crippen MR) is 118 cm³/mol. The van der Waals surface area contributed by atoms with Gasteiger partial charge in [-0.2, -0.15) is 14.5 Å². The van der Waals surface area contributed by atoms with Gasteiger partial charge in [-0.25, -0.2) is 0 Å². The first kappa shape index (κ1) is 19.9. The zero-order valence-electron chi connectivity index (χ0n) is 16.0. The standard InChI is InChI=1S/C20H18N6O2S2/c1-28-15-9-7-14(8-10-15)18-23-24-20(29)26(18)12-11-16(27)21-19-22-17(25-30-19)13-5-3-2-4-6-13/h2-10H,11-12H2,1H3,(H,24,29)(H,21,22,25,27). The lowest BCUT2D eigenvalue weighted by Crippen LogP contribution is -2.15. The van der Waals surface area contributed by atoms with E-state index in [4.69, 9.17) is 17.0 Å². The van der Waals surface area contributed by atoms with Gasteiger partial charge in [0, 0.05) is 35.6 Å². The summed E-state index contributed by atoms with van der Waals surface area (Å²) in [6.45, 7) is 0.382. The van der Waals surface area contributed by atoms with E-state index < -0.39 is 0 Å². The Hall–Kier alpha value is -3.37. The molecule has 0 spiro atoms. The molecular formula is C20H18N6O2S2. The van der Waals surface area contributed by atoms with Gasteiger partial charge >= 0.3 is 0 Å². The van der Waals surface area contributed by atoms with E-state index in [1.807, 2.05) is 54.6 Å². The summed E-state index contributed by atoms with van der Waals surface area (Å²) in [6, 6.07) is 17.1. The van der Waals surface area contributed by atoms with Crippen LogP contribution in [0.1, 0.15) is 6.42 Å². The van der Waals surface area contributed by atoms with Crippen molar-refractivity contribution >= 4 is 34.8 Å². The van der Waals surface area contributed by atoms with Crippen LogP contribution in [0.25, 0.3) is 22.8 Å². The number of aromatic nitrogens is 5. The smallest absolute Gasteiger partial charge is 0.227 e. The normalized spacial score (nSPS) is 10.7. The molecular weight excluding hydrogens is 420 g/mol. The molecule has 0 saturated carbocycles. The Bertz CT molecular complexity index is 1200. The second-order valence-electron chi connectivity index (χ2n) is 6.32. The first-order valence-electron chi connectivity index (χ1n) is 9.12. The Kier molecular flexibility index (Phi) is 5.96. The first-order chi connectivity index (χ1) is 14.6. The van der Waals surface area contributed by atoms with Crippen molar-refractivity contribution in [3.63, 3.8) is 0 Å². The Morgan fingerprint density at radius 1 is 1.17 bits per heavy atom. The lowest BCUT2D eigenvalue weighted by molar-refractivity contribution is -0.116. The molecule has 0 aliphatic heterocycles. The van der Waals surface area contributed by atoms with E-state index in [9.17, 15) is 4.79 Å². The monoisotopic (exact) mass is 438 g/mol. The van der Waals surface area contributed by atoms with Gasteiger partial charge < -0.3 is 10.1 Å². The molecule has 8 nitrogen and oxygen atoms in total. The van der Waals surface area contributed by atoms with Crippen molar-refractivity contribution in [1.29, 1.82) is 0 Å². The molecule has 2 heterocycles. The summed E-state index contributed by atoms with van der Waals surface area (Å²) in [5.74, 6) is 1.84. The number of aromatic amines is 1. The Morgan fingerprint density at radius 3 is 2.67 bits per heavy atom. The summed E-state index contributed by atoms with van der Waals surface area (Å²) in [4.78, 5) is 16.8. The second kappa shape index (κ2) is 8.97. The van der Waals surface area contributed by atoms with Gasteiger partial charge in [0.15, 0.2) is 16.4 Å². The second-order valence-corrected chi connectivity index (χ2v) is 7.46. The molecule has 0 aliphatic carbocycles. The topological polar surface area (TPSA) is 97.7 Å². The molecule has 2 aromatic carbocycles. The van der Waals surface area contributed by atoms with Crippen LogP contribution in [0.4, 0.5) is 5.13 Å². The third kappa shape index (κ3) is 4.44. The highest BCUT2D eigenvalue weighted by atomic mass is 32.1. The van der Waals surface area contributed by atoms with E-state index in [-0.39, 0.29) is 12.3 Å². The third-order valence-electron chi connectivity index (χ3n) is 4.37. The minimum atomic E-state index is -0.172. The summed E-state index contributed by atoms with van der Waals surface area (Å²) in [5, 5.41) is 10.3. The van der Waals surface area contributed by atoms with Crippen LogP contribution >= 0.6 is 23.8 Å². The maximum Gasteiger partial charge on any atom is 0.227 e. The third-order valence-corrected chi connectivity index (χ3v) is 5.32. The fraction of sp³-hybridized carbons (Fsp3) is 0.150. The zero-order chi connectivity index (χ0) is 20.9. The van der Waals surface area contributed by atoms with Gasteiger partial charge in [0.05, 0.1) is 7.11 Å². The van der Waals surface area contributed by atoms with E-state index in [1.165, 1.54) is 0 Å². The lowest BCUT2D eigenvalue weighted by Gasteiger charge is -2.07. The number of hydrogen-bond donors (Lipinski definition) is 2. The summed E-state index contributed by atoms with van der Waals surface area (Å²) < 4.78 is 11.7. The van der Waals surface area contributed by atoms with Gasteiger partial charge in [-0.05, 0) is 36.5 Å². The van der Waals surface area contributed by atoms with E-state index >= 15 is 0 Å². The van der Waals surface area contributed by atoms with Crippen LogP contribution in [0.15, 0.2) is 54.6 Å². The van der Waals surface area contributed by atoms with Gasteiger partial charge in [0.25, 0.3) is 0 Å². The molecule has 2 aromatic heterocycles.